The van der Waals surface area contributed by atoms with Gasteiger partial charge in [0.15, 0.2) is 6.10 Å². The molecule has 4 heteroatoms. The van der Waals surface area contributed by atoms with Crippen molar-refractivity contribution in [2.45, 2.75) is 51.2 Å². The highest BCUT2D eigenvalue weighted by Gasteiger charge is 2.20. The van der Waals surface area contributed by atoms with Gasteiger partial charge in [-0.05, 0) is 38.0 Å². The maximum absolute atomic E-state index is 12.1. The maximum Gasteiger partial charge on any atom is 0.260 e. The van der Waals surface area contributed by atoms with Crippen LogP contribution in [0.1, 0.15) is 44.6 Å². The molecule has 1 amide bonds. The van der Waals surface area contributed by atoms with Crippen LogP contribution < -0.4 is 10.1 Å². The first kappa shape index (κ1) is 14.4. The lowest BCUT2D eigenvalue weighted by atomic mass is 9.95. The average molecular weight is 272 g/mol. The van der Waals surface area contributed by atoms with Crippen molar-refractivity contribution in [1.29, 1.82) is 5.26 Å². The van der Waals surface area contributed by atoms with E-state index in [4.69, 9.17) is 10.00 Å². The van der Waals surface area contributed by atoms with E-state index in [1.54, 1.807) is 31.2 Å². The molecule has 1 aromatic rings. The minimum absolute atomic E-state index is 0.0840. The summed E-state index contributed by atoms with van der Waals surface area (Å²) in [6, 6.07) is 9.20. The van der Waals surface area contributed by atoms with Gasteiger partial charge in [-0.1, -0.05) is 25.3 Å². The first-order chi connectivity index (χ1) is 9.69. The summed E-state index contributed by atoms with van der Waals surface area (Å²) in [5, 5.41) is 11.9. The molecule has 1 saturated carbocycles. The molecule has 20 heavy (non-hydrogen) atoms. The summed E-state index contributed by atoms with van der Waals surface area (Å²) in [7, 11) is 0. The Hall–Kier alpha value is -2.02. The Balaban J connectivity index is 1.88. The van der Waals surface area contributed by atoms with E-state index in [9.17, 15) is 4.79 Å². The van der Waals surface area contributed by atoms with Crippen molar-refractivity contribution in [2.24, 2.45) is 0 Å². The molecule has 2 rings (SSSR count). The van der Waals surface area contributed by atoms with Crippen LogP contribution in [-0.4, -0.2) is 18.1 Å². The number of ether oxygens (including phenoxy) is 1. The first-order valence-electron chi connectivity index (χ1n) is 7.16. The van der Waals surface area contributed by atoms with E-state index in [0.717, 1.165) is 12.8 Å². The number of benzene rings is 1. The average Bonchev–Trinajstić information content (AvgIpc) is 2.48. The largest absolute Gasteiger partial charge is 0.481 e. The molecule has 0 radical (unpaired) electrons. The Kier molecular flexibility index (Phi) is 5.00. The van der Waals surface area contributed by atoms with Gasteiger partial charge in [0.1, 0.15) is 5.75 Å². The van der Waals surface area contributed by atoms with Crippen molar-refractivity contribution in [1.82, 2.24) is 5.32 Å². The Bertz CT molecular complexity index is 501. The van der Waals surface area contributed by atoms with Gasteiger partial charge < -0.3 is 10.1 Å². The van der Waals surface area contributed by atoms with Crippen molar-refractivity contribution in [2.75, 3.05) is 0 Å². The van der Waals surface area contributed by atoms with Gasteiger partial charge >= 0.3 is 0 Å². The molecule has 1 atom stereocenters. The van der Waals surface area contributed by atoms with E-state index in [1.807, 2.05) is 0 Å². The van der Waals surface area contributed by atoms with Gasteiger partial charge in [-0.2, -0.15) is 5.26 Å². The number of hydrogen-bond donors (Lipinski definition) is 1. The van der Waals surface area contributed by atoms with Crippen LogP contribution in [0.25, 0.3) is 0 Å². The molecule has 0 spiro atoms. The molecule has 0 saturated heterocycles. The highest BCUT2D eigenvalue weighted by atomic mass is 16.5. The van der Waals surface area contributed by atoms with Gasteiger partial charge in [0.25, 0.3) is 5.91 Å². The Morgan fingerprint density at radius 3 is 2.85 bits per heavy atom. The Morgan fingerprint density at radius 2 is 2.15 bits per heavy atom. The predicted molar refractivity (Wildman–Crippen MR) is 76.3 cm³/mol. The molecule has 1 aliphatic rings. The van der Waals surface area contributed by atoms with E-state index < -0.39 is 6.10 Å². The second-order valence-corrected chi connectivity index (χ2v) is 5.24. The van der Waals surface area contributed by atoms with Crippen molar-refractivity contribution in [3.63, 3.8) is 0 Å². The molecule has 0 aromatic heterocycles. The lowest BCUT2D eigenvalue weighted by Gasteiger charge is -2.24. The summed E-state index contributed by atoms with van der Waals surface area (Å²) >= 11 is 0. The maximum atomic E-state index is 12.1. The number of hydrogen-bond acceptors (Lipinski definition) is 3. The highest BCUT2D eigenvalue weighted by molar-refractivity contribution is 5.81. The van der Waals surface area contributed by atoms with Crippen LogP contribution >= 0.6 is 0 Å². The zero-order chi connectivity index (χ0) is 14.4. The number of nitriles is 1. The van der Waals surface area contributed by atoms with Crippen LogP contribution in [-0.2, 0) is 4.79 Å². The predicted octanol–water partition coefficient (Wildman–Crippen LogP) is 2.77. The van der Waals surface area contributed by atoms with Gasteiger partial charge in [0, 0.05) is 6.04 Å². The first-order valence-corrected chi connectivity index (χ1v) is 7.16. The quantitative estimate of drug-likeness (QED) is 0.916. The molecule has 0 bridgehead atoms. The number of carbonyl (C=O) groups excluding carboxylic acids is 1. The number of nitrogens with one attached hydrogen (secondary N) is 1. The third-order valence-corrected chi connectivity index (χ3v) is 3.60. The molecule has 0 aliphatic heterocycles. The second kappa shape index (κ2) is 6.95. The van der Waals surface area contributed by atoms with Gasteiger partial charge in [-0.3, -0.25) is 4.79 Å². The van der Waals surface area contributed by atoms with Crippen molar-refractivity contribution < 1.29 is 9.53 Å². The standard InChI is InChI=1S/C16H20N2O2/c1-12(16(19)18-14-7-3-2-4-8-14)20-15-9-5-6-13(10-15)11-17/h5-6,9-10,12,14H,2-4,7-8H2,1H3,(H,18,19)/t12-/m0/s1. The zero-order valence-electron chi connectivity index (χ0n) is 11.8. The highest BCUT2D eigenvalue weighted by Crippen LogP contribution is 2.18. The minimum atomic E-state index is -0.550. The molecular formula is C16H20N2O2. The molecular weight excluding hydrogens is 252 g/mol. The van der Waals surface area contributed by atoms with Crippen LogP contribution in [0.2, 0.25) is 0 Å². The Labute approximate surface area is 119 Å². The number of amides is 1. The summed E-state index contributed by atoms with van der Waals surface area (Å²) in [5.41, 5.74) is 0.530. The molecule has 0 unspecified atom stereocenters. The number of carbonyl (C=O) groups is 1. The molecule has 1 aromatic carbocycles. The SMILES string of the molecule is C[C@H](Oc1cccc(C#N)c1)C(=O)NC1CCCCC1. The minimum Gasteiger partial charge on any atom is -0.481 e. The lowest BCUT2D eigenvalue weighted by molar-refractivity contribution is -0.128. The lowest BCUT2D eigenvalue weighted by Crippen LogP contribution is -2.43. The van der Waals surface area contributed by atoms with Crippen LogP contribution in [0.3, 0.4) is 0 Å². The summed E-state index contributed by atoms with van der Waals surface area (Å²) in [6.07, 6.45) is 5.20. The summed E-state index contributed by atoms with van der Waals surface area (Å²) in [5.74, 6) is 0.467. The van der Waals surface area contributed by atoms with Crippen molar-refractivity contribution >= 4 is 5.91 Å². The van der Waals surface area contributed by atoms with Gasteiger partial charge in [0.2, 0.25) is 0 Å². The fourth-order valence-corrected chi connectivity index (χ4v) is 2.46. The van der Waals surface area contributed by atoms with E-state index in [1.165, 1.54) is 19.3 Å². The molecule has 106 valence electrons. The Morgan fingerprint density at radius 1 is 1.40 bits per heavy atom. The number of nitrogens with zero attached hydrogens (tertiary/aromatic N) is 1. The smallest absolute Gasteiger partial charge is 0.260 e. The summed E-state index contributed by atoms with van der Waals surface area (Å²) in [4.78, 5) is 12.1. The molecule has 4 nitrogen and oxygen atoms in total. The topological polar surface area (TPSA) is 62.1 Å². The van der Waals surface area contributed by atoms with Crippen molar-refractivity contribution in [3.8, 4) is 11.8 Å². The third-order valence-electron chi connectivity index (χ3n) is 3.60. The van der Waals surface area contributed by atoms with Gasteiger partial charge in [-0.15, -0.1) is 0 Å². The monoisotopic (exact) mass is 272 g/mol. The molecule has 0 heterocycles. The van der Waals surface area contributed by atoms with Crippen molar-refractivity contribution in [3.05, 3.63) is 29.8 Å². The zero-order valence-corrected chi connectivity index (χ0v) is 11.8. The second-order valence-electron chi connectivity index (χ2n) is 5.24. The van der Waals surface area contributed by atoms with Gasteiger partial charge in [-0.25, -0.2) is 0 Å². The third kappa shape index (κ3) is 3.99. The number of rotatable bonds is 4. The molecule has 1 fully saturated rings. The van der Waals surface area contributed by atoms with Crippen LogP contribution in [0.15, 0.2) is 24.3 Å². The molecule has 1 aliphatic carbocycles. The fraction of sp³-hybridized carbons (Fsp3) is 0.500. The summed E-state index contributed by atoms with van der Waals surface area (Å²) in [6.45, 7) is 1.73. The summed E-state index contributed by atoms with van der Waals surface area (Å²) < 4.78 is 5.60. The van der Waals surface area contributed by atoms with Gasteiger partial charge in [0.05, 0.1) is 11.6 Å². The van der Waals surface area contributed by atoms with E-state index in [0.29, 0.717) is 11.3 Å². The van der Waals surface area contributed by atoms with E-state index >= 15 is 0 Å². The van der Waals surface area contributed by atoms with Crippen LogP contribution in [0, 0.1) is 11.3 Å². The van der Waals surface area contributed by atoms with E-state index in [-0.39, 0.29) is 11.9 Å². The van der Waals surface area contributed by atoms with Crippen LogP contribution in [0.5, 0.6) is 5.75 Å². The van der Waals surface area contributed by atoms with Crippen LogP contribution in [0.4, 0.5) is 0 Å². The van der Waals surface area contributed by atoms with E-state index in [2.05, 4.69) is 11.4 Å². The fourth-order valence-electron chi connectivity index (χ4n) is 2.46. The normalized spacial score (nSPS) is 17.0. The molecule has 1 N–H and O–H groups in total.